The van der Waals surface area contributed by atoms with E-state index in [0.29, 0.717) is 9.87 Å². The maximum Gasteiger partial charge on any atom is 0.341 e. The number of aryl methyl sites for hydroxylation is 1. The Hall–Kier alpha value is -2.87. The van der Waals surface area contributed by atoms with Gasteiger partial charge >= 0.3 is 5.97 Å². The van der Waals surface area contributed by atoms with Crippen LogP contribution >= 0.6 is 0 Å². The molecule has 7 nitrogen and oxygen atoms in total. The number of sulfonamides is 1. The molecular formula is C17H15NO6S. The molecule has 130 valence electrons. The number of hydrogen-bond donors (Lipinski definition) is 1. The van der Waals surface area contributed by atoms with E-state index in [4.69, 9.17) is 4.74 Å². The molecule has 3 rings (SSSR count). The number of rotatable bonds is 4. The molecule has 1 N–H and O–H groups in total. The second kappa shape index (κ2) is 6.21. The van der Waals surface area contributed by atoms with Crippen LogP contribution in [-0.4, -0.2) is 42.9 Å². The van der Waals surface area contributed by atoms with Crippen molar-refractivity contribution in [3.8, 4) is 5.75 Å². The monoisotopic (exact) mass is 361 g/mol. The van der Waals surface area contributed by atoms with Gasteiger partial charge in [0.05, 0.1) is 12.1 Å². The van der Waals surface area contributed by atoms with Gasteiger partial charge in [-0.3, -0.25) is 4.79 Å². The molecule has 2 aromatic rings. The van der Waals surface area contributed by atoms with Crippen LogP contribution in [-0.2, 0) is 14.8 Å². The Morgan fingerprint density at radius 3 is 2.60 bits per heavy atom. The average Bonchev–Trinajstić information content (AvgIpc) is 2.78. The highest BCUT2D eigenvalue weighted by Gasteiger charge is 2.40. The van der Waals surface area contributed by atoms with E-state index in [-0.39, 0.29) is 34.9 Å². The number of nitrogens with zero attached hydrogens (tertiary/aromatic N) is 1. The Bertz CT molecular complexity index is 967. The van der Waals surface area contributed by atoms with Gasteiger partial charge in [0.15, 0.2) is 0 Å². The molecular weight excluding hydrogens is 346 g/mol. The maximum absolute atomic E-state index is 12.4. The minimum Gasteiger partial charge on any atom is -0.507 e. The number of hydrogen-bond acceptors (Lipinski definition) is 6. The normalized spacial score (nSPS) is 15.1. The second-order valence-electron chi connectivity index (χ2n) is 5.49. The number of benzene rings is 2. The number of esters is 1. The van der Waals surface area contributed by atoms with Crippen molar-refractivity contribution < 1.29 is 27.9 Å². The molecule has 1 aliphatic heterocycles. The van der Waals surface area contributed by atoms with Crippen molar-refractivity contribution in [1.29, 1.82) is 0 Å². The molecule has 1 aliphatic rings. The van der Waals surface area contributed by atoms with Crippen LogP contribution in [0.5, 0.6) is 5.75 Å². The summed E-state index contributed by atoms with van der Waals surface area (Å²) in [6.45, 7) is 1.03. The summed E-state index contributed by atoms with van der Waals surface area (Å²) in [5.74, 6) is -1.63. The van der Waals surface area contributed by atoms with Crippen molar-refractivity contribution in [3.05, 3.63) is 59.2 Å². The molecule has 25 heavy (non-hydrogen) atoms. The lowest BCUT2D eigenvalue weighted by molar-refractivity contribution is 0.0474. The van der Waals surface area contributed by atoms with Gasteiger partial charge in [0, 0.05) is 0 Å². The van der Waals surface area contributed by atoms with E-state index in [9.17, 15) is 23.1 Å². The molecule has 0 bridgehead atoms. The molecule has 2 aromatic carbocycles. The predicted octanol–water partition coefficient (Wildman–Crippen LogP) is 1.70. The van der Waals surface area contributed by atoms with Crippen LogP contribution in [0.1, 0.15) is 26.3 Å². The first kappa shape index (κ1) is 17.0. The summed E-state index contributed by atoms with van der Waals surface area (Å²) in [4.78, 5) is 24.2. The Labute approximate surface area is 144 Å². The lowest BCUT2D eigenvalue weighted by Crippen LogP contribution is -2.33. The van der Waals surface area contributed by atoms with Crippen molar-refractivity contribution in [2.45, 2.75) is 11.8 Å². The number of carbonyl (C=O) groups is 2. The molecule has 1 heterocycles. The van der Waals surface area contributed by atoms with Gasteiger partial charge in [-0.05, 0) is 30.7 Å². The summed E-state index contributed by atoms with van der Waals surface area (Å²) in [7, 11) is -3.93. The third-order valence-corrected chi connectivity index (χ3v) is 5.74. The number of aromatic hydroxyl groups is 1. The molecule has 0 atom stereocenters. The Morgan fingerprint density at radius 2 is 1.88 bits per heavy atom. The Morgan fingerprint density at radius 1 is 1.16 bits per heavy atom. The topological polar surface area (TPSA) is 101 Å². The average molecular weight is 361 g/mol. The predicted molar refractivity (Wildman–Crippen MR) is 87.8 cm³/mol. The first-order chi connectivity index (χ1) is 11.8. The highest BCUT2D eigenvalue weighted by Crippen LogP contribution is 2.29. The van der Waals surface area contributed by atoms with Crippen LogP contribution in [0.25, 0.3) is 0 Å². The number of phenolic OH excluding ortho intramolecular Hbond substituents is 1. The molecule has 0 fully saturated rings. The van der Waals surface area contributed by atoms with Gasteiger partial charge in [0.1, 0.15) is 22.8 Å². The molecule has 0 aliphatic carbocycles. The molecule has 0 saturated carbocycles. The Balaban J connectivity index is 1.70. The highest BCUT2D eigenvalue weighted by molar-refractivity contribution is 7.90. The van der Waals surface area contributed by atoms with E-state index < -0.39 is 21.9 Å². The number of amides is 1. The molecule has 1 amide bonds. The summed E-state index contributed by atoms with van der Waals surface area (Å²) >= 11 is 0. The smallest absolute Gasteiger partial charge is 0.341 e. The van der Waals surface area contributed by atoms with Gasteiger partial charge in [0.2, 0.25) is 0 Å². The van der Waals surface area contributed by atoms with E-state index in [1.807, 2.05) is 0 Å². The second-order valence-corrected chi connectivity index (χ2v) is 7.32. The summed E-state index contributed by atoms with van der Waals surface area (Å²) in [5, 5.41) is 9.86. The van der Waals surface area contributed by atoms with Gasteiger partial charge in [-0.1, -0.05) is 24.3 Å². The quantitative estimate of drug-likeness (QED) is 0.832. The van der Waals surface area contributed by atoms with Crippen molar-refractivity contribution in [3.63, 3.8) is 0 Å². The number of para-hydroxylation sites is 1. The van der Waals surface area contributed by atoms with Gasteiger partial charge in [-0.15, -0.1) is 0 Å². The third kappa shape index (κ3) is 2.85. The first-order valence-corrected chi connectivity index (χ1v) is 8.90. The number of phenols is 1. The third-order valence-electron chi connectivity index (χ3n) is 3.90. The number of fused-ring (bicyclic) bond motifs is 1. The van der Waals surface area contributed by atoms with Gasteiger partial charge in [-0.2, -0.15) is 0 Å². The SMILES string of the molecule is Cc1cccc(C(=O)OCCN2C(=O)c3ccccc3S2(=O)=O)c1O. The van der Waals surface area contributed by atoms with Crippen molar-refractivity contribution in [2.24, 2.45) is 0 Å². The molecule has 0 radical (unpaired) electrons. The maximum atomic E-state index is 12.4. The van der Waals surface area contributed by atoms with Crippen LogP contribution < -0.4 is 0 Å². The fourth-order valence-corrected chi connectivity index (χ4v) is 4.13. The highest BCUT2D eigenvalue weighted by atomic mass is 32.2. The molecule has 0 spiro atoms. The lowest BCUT2D eigenvalue weighted by Gasteiger charge is -2.15. The largest absolute Gasteiger partial charge is 0.507 e. The summed E-state index contributed by atoms with van der Waals surface area (Å²) < 4.78 is 30.4. The van der Waals surface area contributed by atoms with E-state index in [2.05, 4.69) is 0 Å². The zero-order valence-electron chi connectivity index (χ0n) is 13.3. The van der Waals surface area contributed by atoms with Crippen molar-refractivity contribution >= 4 is 21.9 Å². The van der Waals surface area contributed by atoms with Gasteiger partial charge < -0.3 is 9.84 Å². The molecule has 0 aromatic heterocycles. The molecule has 0 saturated heterocycles. The standard InChI is InChI=1S/C17H15NO6S/c1-11-5-4-7-13(15(11)19)17(21)24-10-9-18-16(20)12-6-2-3-8-14(12)25(18,22)23/h2-8,19H,9-10H2,1H3. The Kier molecular flexibility index (Phi) is 4.22. The minimum atomic E-state index is -3.93. The minimum absolute atomic E-state index is 0.0149. The fourth-order valence-electron chi connectivity index (χ4n) is 2.57. The van der Waals surface area contributed by atoms with E-state index in [1.54, 1.807) is 25.1 Å². The van der Waals surface area contributed by atoms with Gasteiger partial charge in [-0.25, -0.2) is 17.5 Å². The van der Waals surface area contributed by atoms with Crippen LogP contribution in [0.15, 0.2) is 47.4 Å². The molecule has 8 heteroatoms. The van der Waals surface area contributed by atoms with Crippen LogP contribution in [0.3, 0.4) is 0 Å². The van der Waals surface area contributed by atoms with E-state index in [0.717, 1.165) is 0 Å². The first-order valence-electron chi connectivity index (χ1n) is 7.46. The summed E-state index contributed by atoms with van der Waals surface area (Å²) in [6, 6.07) is 10.5. The van der Waals surface area contributed by atoms with Gasteiger partial charge in [0.25, 0.3) is 15.9 Å². The van der Waals surface area contributed by atoms with Crippen molar-refractivity contribution in [1.82, 2.24) is 4.31 Å². The van der Waals surface area contributed by atoms with E-state index >= 15 is 0 Å². The molecule has 0 unspecified atom stereocenters. The van der Waals surface area contributed by atoms with Crippen LogP contribution in [0, 0.1) is 6.92 Å². The fraction of sp³-hybridized carbons (Fsp3) is 0.176. The number of ether oxygens (including phenoxy) is 1. The zero-order valence-corrected chi connectivity index (χ0v) is 14.1. The summed E-state index contributed by atoms with van der Waals surface area (Å²) in [5.41, 5.74) is 0.603. The lowest BCUT2D eigenvalue weighted by atomic mass is 10.1. The van der Waals surface area contributed by atoms with Crippen LogP contribution in [0.4, 0.5) is 0 Å². The zero-order chi connectivity index (χ0) is 18.2. The number of carbonyl (C=O) groups excluding carboxylic acids is 2. The van der Waals surface area contributed by atoms with E-state index in [1.165, 1.54) is 24.3 Å². The van der Waals surface area contributed by atoms with Crippen molar-refractivity contribution in [2.75, 3.05) is 13.2 Å². The summed E-state index contributed by atoms with van der Waals surface area (Å²) in [6.07, 6.45) is 0. The van der Waals surface area contributed by atoms with Crippen LogP contribution in [0.2, 0.25) is 0 Å².